The molecule has 0 bridgehead atoms. The number of carbonyl (C=O) groups excluding carboxylic acids is 1. The van der Waals surface area contributed by atoms with Gasteiger partial charge in [-0.15, -0.1) is 0 Å². The van der Waals surface area contributed by atoms with Crippen LogP contribution in [0.5, 0.6) is 0 Å². The predicted molar refractivity (Wildman–Crippen MR) is 107 cm³/mol. The van der Waals surface area contributed by atoms with Gasteiger partial charge in [0, 0.05) is 49.2 Å². The van der Waals surface area contributed by atoms with Gasteiger partial charge >= 0.3 is 0 Å². The van der Waals surface area contributed by atoms with Crippen LogP contribution in [0.15, 0.2) is 73.2 Å². The normalized spacial score (nSPS) is 10.3. The molecule has 1 N–H and O–H groups in total. The Morgan fingerprint density at radius 3 is 2.58 bits per heavy atom. The van der Waals surface area contributed by atoms with Crippen LogP contribution in [0.25, 0.3) is 0 Å². The van der Waals surface area contributed by atoms with Gasteiger partial charge in [0.05, 0.1) is 11.3 Å². The first-order valence-corrected chi connectivity index (χ1v) is 9.48. The van der Waals surface area contributed by atoms with Gasteiger partial charge in [0.25, 0.3) is 5.91 Å². The summed E-state index contributed by atoms with van der Waals surface area (Å²) >= 11 is 1.37. The van der Waals surface area contributed by atoms with E-state index < -0.39 is 0 Å². The van der Waals surface area contributed by atoms with Gasteiger partial charge in [-0.1, -0.05) is 6.07 Å². The predicted octanol–water partition coefficient (Wildman–Crippen LogP) is 4.06. The lowest BCUT2D eigenvalue weighted by Crippen LogP contribution is -2.23. The fourth-order valence-electron chi connectivity index (χ4n) is 2.51. The minimum Gasteiger partial charge on any atom is -0.385 e. The molecule has 132 valence electrons. The van der Waals surface area contributed by atoms with Crippen molar-refractivity contribution in [1.29, 1.82) is 0 Å². The van der Waals surface area contributed by atoms with E-state index in [1.54, 1.807) is 35.0 Å². The lowest BCUT2D eigenvalue weighted by atomic mass is 10.2. The van der Waals surface area contributed by atoms with Crippen LogP contribution < -0.4 is 9.62 Å². The lowest BCUT2D eigenvalue weighted by molar-refractivity contribution is 0.101. The molecule has 1 amide bonds. The number of benzene rings is 1. The number of nitrogens with one attached hydrogen (secondary N) is 1. The second kappa shape index (κ2) is 9.01. The van der Waals surface area contributed by atoms with E-state index in [9.17, 15) is 4.79 Å². The molecule has 0 saturated heterocycles. The average Bonchev–Trinajstić information content (AvgIpc) is 2.71. The summed E-state index contributed by atoms with van der Waals surface area (Å²) in [6.45, 7) is 0.803. The lowest BCUT2D eigenvalue weighted by Gasteiger charge is -2.20. The Kier molecular flexibility index (Phi) is 6.22. The Hall–Kier alpha value is -2.86. The minimum atomic E-state index is -0.0820. The highest BCUT2D eigenvalue weighted by Crippen LogP contribution is 2.25. The Labute approximate surface area is 157 Å². The van der Waals surface area contributed by atoms with Gasteiger partial charge in [-0.2, -0.15) is 0 Å². The summed E-state index contributed by atoms with van der Waals surface area (Å²) in [5.41, 5.74) is 3.48. The van der Waals surface area contributed by atoms with Crippen LogP contribution >= 0.6 is 11.9 Å². The van der Waals surface area contributed by atoms with Gasteiger partial charge < -0.3 is 5.32 Å². The smallest absolute Gasteiger partial charge is 0.269 e. The molecule has 0 fully saturated rings. The van der Waals surface area contributed by atoms with E-state index in [1.807, 2.05) is 48.7 Å². The minimum absolute atomic E-state index is 0.0820. The molecular formula is C20H20N4OS. The molecule has 0 aliphatic heterocycles. The maximum absolute atomic E-state index is 12.6. The second-order valence-corrected chi connectivity index (χ2v) is 6.30. The highest BCUT2D eigenvalue weighted by atomic mass is 32.2. The highest BCUT2D eigenvalue weighted by Gasteiger charge is 2.17. The fourth-order valence-corrected chi connectivity index (χ4v) is 3.11. The molecule has 2 heterocycles. The zero-order chi connectivity index (χ0) is 18.2. The topological polar surface area (TPSA) is 58.1 Å². The van der Waals surface area contributed by atoms with Crippen molar-refractivity contribution in [2.75, 3.05) is 22.4 Å². The van der Waals surface area contributed by atoms with Crippen molar-refractivity contribution in [2.45, 2.75) is 6.42 Å². The summed E-state index contributed by atoms with van der Waals surface area (Å²) < 4.78 is 1.66. The van der Waals surface area contributed by atoms with Crippen LogP contribution in [0.4, 0.5) is 11.4 Å². The van der Waals surface area contributed by atoms with Crippen molar-refractivity contribution in [3.05, 3.63) is 84.4 Å². The molecule has 0 aliphatic carbocycles. The van der Waals surface area contributed by atoms with Crippen LogP contribution in [0, 0.1) is 0 Å². The maximum atomic E-state index is 12.6. The maximum Gasteiger partial charge on any atom is 0.269 e. The van der Waals surface area contributed by atoms with E-state index in [2.05, 4.69) is 15.3 Å². The Balaban J connectivity index is 1.61. The number of hydrogen-bond donors (Lipinski definition) is 1. The Bertz CT molecular complexity index is 825. The molecule has 0 radical (unpaired) electrons. The number of anilines is 2. The average molecular weight is 364 g/mol. The number of rotatable bonds is 7. The van der Waals surface area contributed by atoms with Crippen LogP contribution in [0.1, 0.15) is 16.1 Å². The standard InChI is InChI=1S/C20H20N4OS/c1-26-24(20(25)16-5-4-12-21-15-16)19-9-7-18(8-10-19)23-14-11-17-6-2-3-13-22-17/h2-10,12-13,15,23H,11,14H2,1H3. The highest BCUT2D eigenvalue weighted by molar-refractivity contribution is 8.00. The van der Waals surface area contributed by atoms with Crippen molar-refractivity contribution in [3.63, 3.8) is 0 Å². The Morgan fingerprint density at radius 2 is 1.92 bits per heavy atom. The molecular weight excluding hydrogens is 344 g/mol. The van der Waals surface area contributed by atoms with Gasteiger partial charge in [-0.25, -0.2) is 0 Å². The first-order chi connectivity index (χ1) is 12.8. The van der Waals surface area contributed by atoms with E-state index in [4.69, 9.17) is 0 Å². The first kappa shape index (κ1) is 17.9. The monoisotopic (exact) mass is 364 g/mol. The van der Waals surface area contributed by atoms with Crippen molar-refractivity contribution in [3.8, 4) is 0 Å². The zero-order valence-electron chi connectivity index (χ0n) is 14.5. The summed E-state index contributed by atoms with van der Waals surface area (Å²) in [6.07, 6.45) is 7.79. The third-order valence-corrected chi connectivity index (χ3v) is 4.56. The van der Waals surface area contributed by atoms with Crippen molar-refractivity contribution in [1.82, 2.24) is 9.97 Å². The molecule has 0 aliphatic rings. The van der Waals surface area contributed by atoms with Gasteiger partial charge in [-0.05, 0) is 60.5 Å². The van der Waals surface area contributed by atoms with Crippen LogP contribution in [-0.4, -0.2) is 28.7 Å². The van der Waals surface area contributed by atoms with Crippen molar-refractivity contribution in [2.24, 2.45) is 0 Å². The molecule has 3 rings (SSSR count). The van der Waals surface area contributed by atoms with Crippen LogP contribution in [-0.2, 0) is 6.42 Å². The number of nitrogens with zero attached hydrogens (tertiary/aromatic N) is 3. The van der Waals surface area contributed by atoms with E-state index in [0.717, 1.165) is 30.0 Å². The SMILES string of the molecule is CSN(C(=O)c1cccnc1)c1ccc(NCCc2ccccn2)cc1. The Morgan fingerprint density at radius 1 is 1.08 bits per heavy atom. The van der Waals surface area contributed by atoms with Crippen molar-refractivity contribution >= 4 is 29.2 Å². The molecule has 1 aromatic carbocycles. The molecule has 2 aromatic heterocycles. The van der Waals surface area contributed by atoms with Crippen LogP contribution in [0.3, 0.4) is 0 Å². The number of carbonyl (C=O) groups is 1. The molecule has 0 unspecified atom stereocenters. The molecule has 6 heteroatoms. The second-order valence-electron chi connectivity index (χ2n) is 5.57. The van der Waals surface area contributed by atoms with E-state index >= 15 is 0 Å². The summed E-state index contributed by atoms with van der Waals surface area (Å²) in [7, 11) is 0. The van der Waals surface area contributed by atoms with Gasteiger partial charge in [0.15, 0.2) is 0 Å². The van der Waals surface area contributed by atoms with E-state index in [1.165, 1.54) is 11.9 Å². The van der Waals surface area contributed by atoms with Crippen LogP contribution in [0.2, 0.25) is 0 Å². The summed E-state index contributed by atoms with van der Waals surface area (Å²) in [4.78, 5) is 21.0. The third-order valence-electron chi connectivity index (χ3n) is 3.81. The molecule has 0 saturated carbocycles. The van der Waals surface area contributed by atoms with E-state index in [0.29, 0.717) is 5.56 Å². The summed E-state index contributed by atoms with van der Waals surface area (Å²) in [6, 6.07) is 17.3. The number of amides is 1. The van der Waals surface area contributed by atoms with Crippen molar-refractivity contribution < 1.29 is 4.79 Å². The third kappa shape index (κ3) is 4.61. The first-order valence-electron chi connectivity index (χ1n) is 8.30. The zero-order valence-corrected chi connectivity index (χ0v) is 15.3. The molecule has 0 atom stereocenters. The summed E-state index contributed by atoms with van der Waals surface area (Å²) in [5, 5.41) is 3.38. The molecule has 26 heavy (non-hydrogen) atoms. The summed E-state index contributed by atoms with van der Waals surface area (Å²) in [5.74, 6) is -0.0820. The van der Waals surface area contributed by atoms with Gasteiger partial charge in [0.1, 0.15) is 0 Å². The fraction of sp³-hybridized carbons (Fsp3) is 0.150. The quantitative estimate of drug-likeness (QED) is 0.641. The molecule has 0 spiro atoms. The molecule has 3 aromatic rings. The largest absolute Gasteiger partial charge is 0.385 e. The van der Waals surface area contributed by atoms with Gasteiger partial charge in [-0.3, -0.25) is 19.1 Å². The molecule has 5 nitrogen and oxygen atoms in total. The number of aromatic nitrogens is 2. The number of hydrogen-bond acceptors (Lipinski definition) is 5. The van der Waals surface area contributed by atoms with E-state index in [-0.39, 0.29) is 5.91 Å². The van der Waals surface area contributed by atoms with Gasteiger partial charge in [0.2, 0.25) is 0 Å². The number of pyridine rings is 2.